The van der Waals surface area contributed by atoms with Crippen LogP contribution in [0.2, 0.25) is 0 Å². The molecule has 2 heterocycles. The molecule has 128 valence electrons. The highest BCUT2D eigenvalue weighted by Crippen LogP contribution is 2.26. The highest BCUT2D eigenvalue weighted by molar-refractivity contribution is 5.99. The van der Waals surface area contributed by atoms with Gasteiger partial charge in [-0.1, -0.05) is 0 Å². The Balaban J connectivity index is 1.84. The van der Waals surface area contributed by atoms with Gasteiger partial charge in [-0.05, 0) is 37.5 Å². The molecule has 2 saturated heterocycles. The van der Waals surface area contributed by atoms with Gasteiger partial charge in [0.2, 0.25) is 5.91 Å². The lowest BCUT2D eigenvalue weighted by Crippen LogP contribution is -2.42. The molecule has 0 saturated carbocycles. The summed E-state index contributed by atoms with van der Waals surface area (Å²) < 4.78 is 14.1. The average molecular weight is 334 g/mol. The van der Waals surface area contributed by atoms with Gasteiger partial charge in [-0.15, -0.1) is 0 Å². The average Bonchev–Trinajstić information content (AvgIpc) is 3.01. The normalized spacial score (nSPS) is 21.2. The first-order chi connectivity index (χ1) is 11.5. The minimum absolute atomic E-state index is 0.0380. The van der Waals surface area contributed by atoms with E-state index in [-0.39, 0.29) is 18.0 Å². The number of carbonyl (C=O) groups excluding carboxylic acids is 2. The second kappa shape index (κ2) is 6.59. The molecular weight excluding hydrogens is 315 g/mol. The lowest BCUT2D eigenvalue weighted by molar-refractivity contribution is -0.143. The van der Waals surface area contributed by atoms with Gasteiger partial charge in [0, 0.05) is 31.7 Å². The Hall–Kier alpha value is -2.44. The molecule has 24 heavy (non-hydrogen) atoms. The number of aliphatic carboxylic acids is 1. The maximum absolute atomic E-state index is 14.1. The Morgan fingerprint density at radius 1 is 1.21 bits per heavy atom. The van der Waals surface area contributed by atoms with Gasteiger partial charge >= 0.3 is 5.97 Å². The monoisotopic (exact) mass is 334 g/mol. The molecule has 0 unspecified atom stereocenters. The zero-order valence-corrected chi connectivity index (χ0v) is 13.2. The van der Waals surface area contributed by atoms with Crippen molar-refractivity contribution < 1.29 is 23.9 Å². The number of nitrogens with zero attached hydrogens (tertiary/aromatic N) is 2. The number of anilines is 1. The van der Waals surface area contributed by atoms with E-state index in [9.17, 15) is 18.8 Å². The molecule has 2 aliphatic heterocycles. The first-order valence-corrected chi connectivity index (χ1v) is 8.09. The van der Waals surface area contributed by atoms with Gasteiger partial charge in [0.15, 0.2) is 0 Å². The molecule has 2 aliphatic rings. The van der Waals surface area contributed by atoms with Crippen molar-refractivity contribution in [1.82, 2.24) is 4.90 Å². The fourth-order valence-electron chi connectivity index (χ4n) is 3.30. The van der Waals surface area contributed by atoms with Gasteiger partial charge in [-0.25, -0.2) is 4.39 Å². The molecular formula is C17H19FN2O4. The van der Waals surface area contributed by atoms with Gasteiger partial charge in [0.05, 0.1) is 11.5 Å². The topological polar surface area (TPSA) is 77.9 Å². The maximum atomic E-state index is 14.1. The van der Waals surface area contributed by atoms with Crippen LogP contribution in [0.25, 0.3) is 0 Å². The van der Waals surface area contributed by atoms with E-state index >= 15 is 0 Å². The number of carboxylic acid groups (broad SMARTS) is 1. The van der Waals surface area contributed by atoms with Crippen molar-refractivity contribution in [3.8, 4) is 0 Å². The van der Waals surface area contributed by atoms with E-state index in [0.717, 1.165) is 6.42 Å². The minimum atomic E-state index is -0.940. The van der Waals surface area contributed by atoms with Crippen LogP contribution < -0.4 is 4.90 Å². The van der Waals surface area contributed by atoms with E-state index in [1.165, 1.54) is 23.1 Å². The summed E-state index contributed by atoms with van der Waals surface area (Å²) >= 11 is 0. The predicted molar refractivity (Wildman–Crippen MR) is 84.3 cm³/mol. The summed E-state index contributed by atoms with van der Waals surface area (Å²) in [7, 11) is 0. The molecule has 2 fully saturated rings. The van der Waals surface area contributed by atoms with E-state index in [0.29, 0.717) is 38.0 Å². The third-order valence-corrected chi connectivity index (χ3v) is 4.62. The largest absolute Gasteiger partial charge is 0.481 e. The minimum Gasteiger partial charge on any atom is -0.481 e. The highest BCUT2D eigenvalue weighted by atomic mass is 19.1. The number of hydrogen-bond donors (Lipinski definition) is 1. The fourth-order valence-corrected chi connectivity index (χ4v) is 3.30. The summed E-state index contributed by atoms with van der Waals surface area (Å²) in [5.74, 6) is -2.78. The Labute approximate surface area is 138 Å². The molecule has 2 amide bonds. The predicted octanol–water partition coefficient (Wildman–Crippen LogP) is 1.89. The van der Waals surface area contributed by atoms with E-state index < -0.39 is 23.6 Å². The van der Waals surface area contributed by atoms with Crippen molar-refractivity contribution >= 4 is 23.5 Å². The van der Waals surface area contributed by atoms with Crippen molar-refractivity contribution in [2.75, 3.05) is 24.5 Å². The van der Waals surface area contributed by atoms with E-state index in [1.54, 1.807) is 4.90 Å². The van der Waals surface area contributed by atoms with E-state index in [1.807, 2.05) is 0 Å². The third-order valence-electron chi connectivity index (χ3n) is 4.62. The van der Waals surface area contributed by atoms with Crippen LogP contribution in [-0.2, 0) is 9.59 Å². The molecule has 1 aromatic rings. The number of hydrogen-bond acceptors (Lipinski definition) is 3. The molecule has 0 radical (unpaired) electrons. The van der Waals surface area contributed by atoms with Crippen molar-refractivity contribution in [3.05, 3.63) is 29.6 Å². The molecule has 6 nitrogen and oxygen atoms in total. The van der Waals surface area contributed by atoms with Gasteiger partial charge in [-0.3, -0.25) is 14.4 Å². The maximum Gasteiger partial charge on any atom is 0.308 e. The Bertz CT molecular complexity index is 691. The summed E-state index contributed by atoms with van der Waals surface area (Å²) in [6, 6.07) is 4.07. The smallest absolute Gasteiger partial charge is 0.308 e. The second-order valence-corrected chi connectivity index (χ2v) is 6.24. The van der Waals surface area contributed by atoms with Crippen molar-refractivity contribution in [2.45, 2.75) is 25.7 Å². The van der Waals surface area contributed by atoms with Crippen molar-refractivity contribution in [3.63, 3.8) is 0 Å². The number of carboxylic acids is 1. The third kappa shape index (κ3) is 3.11. The number of halogens is 1. The zero-order chi connectivity index (χ0) is 17.3. The van der Waals surface area contributed by atoms with Gasteiger partial charge < -0.3 is 14.9 Å². The van der Waals surface area contributed by atoms with Crippen molar-refractivity contribution in [1.29, 1.82) is 0 Å². The number of rotatable bonds is 3. The van der Waals surface area contributed by atoms with Crippen LogP contribution in [0.15, 0.2) is 18.2 Å². The lowest BCUT2D eigenvalue weighted by atomic mass is 9.97. The van der Waals surface area contributed by atoms with Gasteiger partial charge in [-0.2, -0.15) is 0 Å². The van der Waals surface area contributed by atoms with Crippen LogP contribution in [0.1, 0.15) is 36.0 Å². The Kier molecular flexibility index (Phi) is 4.51. The van der Waals surface area contributed by atoms with Crippen LogP contribution in [0.4, 0.5) is 10.1 Å². The van der Waals surface area contributed by atoms with Gasteiger partial charge in [0.1, 0.15) is 5.82 Å². The molecule has 0 bridgehead atoms. The molecule has 1 aromatic carbocycles. The first kappa shape index (κ1) is 16.4. The van der Waals surface area contributed by atoms with Crippen molar-refractivity contribution in [2.24, 2.45) is 5.92 Å². The summed E-state index contributed by atoms with van der Waals surface area (Å²) in [5.41, 5.74) is 0.396. The second-order valence-electron chi connectivity index (χ2n) is 6.24. The molecule has 1 N–H and O–H groups in total. The van der Waals surface area contributed by atoms with E-state index in [2.05, 4.69) is 0 Å². The molecule has 7 heteroatoms. The number of piperidine rings is 1. The van der Waals surface area contributed by atoms with Crippen LogP contribution in [-0.4, -0.2) is 47.4 Å². The molecule has 0 aliphatic carbocycles. The lowest BCUT2D eigenvalue weighted by Gasteiger charge is -2.31. The number of carbonyl (C=O) groups is 3. The van der Waals surface area contributed by atoms with Crippen LogP contribution in [0.5, 0.6) is 0 Å². The molecule has 0 aromatic heterocycles. The fraction of sp³-hybridized carbons (Fsp3) is 0.471. The highest BCUT2D eigenvalue weighted by Gasteiger charge is 2.30. The number of amides is 2. The Morgan fingerprint density at radius 3 is 2.67 bits per heavy atom. The first-order valence-electron chi connectivity index (χ1n) is 8.09. The molecule has 0 spiro atoms. The van der Waals surface area contributed by atoms with Crippen LogP contribution in [0, 0.1) is 11.7 Å². The summed E-state index contributed by atoms with van der Waals surface area (Å²) in [5, 5.41) is 9.12. The standard InChI is InChI=1S/C17H19FN2O4/c18-14-6-5-12(20-8-2-4-15(20)21)9-13(14)16(22)19-7-1-3-11(10-19)17(23)24/h5-6,9,11H,1-4,7-8,10H2,(H,23,24)/t11-/m0/s1. The SMILES string of the molecule is O=C(O)[C@H]1CCCN(C(=O)c2cc(N3CCCC3=O)ccc2F)C1. The zero-order valence-electron chi connectivity index (χ0n) is 13.2. The summed E-state index contributed by atoms with van der Waals surface area (Å²) in [6.07, 6.45) is 2.29. The molecule has 1 atom stereocenters. The molecule has 3 rings (SSSR count). The summed E-state index contributed by atoms with van der Waals surface area (Å²) in [6.45, 7) is 1.05. The van der Waals surface area contributed by atoms with Crippen LogP contribution in [0.3, 0.4) is 0 Å². The van der Waals surface area contributed by atoms with Crippen LogP contribution >= 0.6 is 0 Å². The Morgan fingerprint density at radius 2 is 2.00 bits per heavy atom. The number of likely N-dealkylation sites (tertiary alicyclic amines) is 1. The quantitative estimate of drug-likeness (QED) is 0.916. The van der Waals surface area contributed by atoms with E-state index in [4.69, 9.17) is 5.11 Å². The summed E-state index contributed by atoms with van der Waals surface area (Å²) in [4.78, 5) is 38.5. The van der Waals surface area contributed by atoms with Gasteiger partial charge in [0.25, 0.3) is 5.91 Å². The number of benzene rings is 1.